The Kier molecular flexibility index (Phi) is 5.40. The van der Waals surface area contributed by atoms with Crippen LogP contribution in [0.15, 0.2) is 48.8 Å². The van der Waals surface area contributed by atoms with E-state index >= 15 is 0 Å². The van der Waals surface area contributed by atoms with Gasteiger partial charge in [0.1, 0.15) is 12.4 Å². The predicted octanol–water partition coefficient (Wildman–Crippen LogP) is 3.00. The van der Waals surface area contributed by atoms with E-state index in [-0.39, 0.29) is 18.2 Å². The second-order valence-electron chi connectivity index (χ2n) is 5.78. The number of hydrogen-bond acceptors (Lipinski definition) is 8. The molecule has 0 unspecified atom stereocenters. The Morgan fingerprint density at radius 2 is 2.07 bits per heavy atom. The minimum absolute atomic E-state index is 0.0178. The molecule has 3 rings (SSSR count). The Hall–Kier alpha value is -4.08. The fraction of sp³-hybridized carbons (Fsp3) is 0.111. The van der Waals surface area contributed by atoms with Crippen molar-refractivity contribution in [2.45, 2.75) is 6.92 Å². The summed E-state index contributed by atoms with van der Waals surface area (Å²) >= 11 is 0. The minimum atomic E-state index is -1.06. The molecule has 0 radical (unpaired) electrons. The maximum atomic E-state index is 11.1. The van der Waals surface area contributed by atoms with E-state index in [4.69, 9.17) is 5.11 Å². The molecule has 3 aromatic rings. The summed E-state index contributed by atoms with van der Waals surface area (Å²) in [7, 11) is 0. The molecule has 0 bridgehead atoms. The number of rotatable bonds is 7. The van der Waals surface area contributed by atoms with Crippen molar-refractivity contribution >= 4 is 29.1 Å². The van der Waals surface area contributed by atoms with Crippen molar-refractivity contribution in [3.63, 3.8) is 0 Å². The quantitative estimate of drug-likeness (QED) is 0.416. The third-order valence-electron chi connectivity index (χ3n) is 3.85. The number of carboxylic acids is 1. The number of nitro groups is 1. The monoisotopic (exact) mass is 380 g/mol. The summed E-state index contributed by atoms with van der Waals surface area (Å²) in [6.07, 6.45) is 3.24. The summed E-state index contributed by atoms with van der Waals surface area (Å²) in [5.41, 5.74) is 2.17. The second kappa shape index (κ2) is 8.08. The van der Waals surface area contributed by atoms with Crippen LogP contribution in [0.5, 0.6) is 0 Å². The van der Waals surface area contributed by atoms with Gasteiger partial charge in [-0.15, -0.1) is 0 Å². The number of pyridine rings is 1. The summed E-state index contributed by atoms with van der Waals surface area (Å²) in [5, 5.41) is 25.7. The van der Waals surface area contributed by atoms with Gasteiger partial charge in [0.2, 0.25) is 5.95 Å². The molecule has 0 spiro atoms. The number of carbonyl (C=O) groups is 1. The largest absolute Gasteiger partial charge is 0.480 e. The number of carboxylic acid groups (broad SMARTS) is 1. The SMILES string of the molecule is Cc1c(Nc2cc(-c3cccnc3)nc(NCC(=O)O)n2)cccc1[N+](=O)[O-]. The summed E-state index contributed by atoms with van der Waals surface area (Å²) in [5.74, 6) is -0.598. The van der Waals surface area contributed by atoms with Crippen LogP contribution in [0.2, 0.25) is 0 Å². The maximum Gasteiger partial charge on any atom is 0.322 e. The summed E-state index contributed by atoms with van der Waals surface area (Å²) < 4.78 is 0. The molecule has 2 heterocycles. The number of benzene rings is 1. The first-order chi connectivity index (χ1) is 13.4. The molecule has 142 valence electrons. The number of hydrogen-bond donors (Lipinski definition) is 3. The lowest BCUT2D eigenvalue weighted by Crippen LogP contribution is -2.15. The minimum Gasteiger partial charge on any atom is -0.480 e. The van der Waals surface area contributed by atoms with Crippen LogP contribution in [0.3, 0.4) is 0 Å². The third-order valence-corrected chi connectivity index (χ3v) is 3.85. The van der Waals surface area contributed by atoms with Gasteiger partial charge in [-0.2, -0.15) is 4.98 Å². The molecule has 0 saturated heterocycles. The average Bonchev–Trinajstić information content (AvgIpc) is 2.68. The highest BCUT2D eigenvalue weighted by Crippen LogP contribution is 2.29. The summed E-state index contributed by atoms with van der Waals surface area (Å²) in [4.78, 5) is 34.2. The molecule has 0 aliphatic heterocycles. The van der Waals surface area contributed by atoms with E-state index in [1.54, 1.807) is 49.6 Å². The van der Waals surface area contributed by atoms with E-state index in [1.807, 2.05) is 0 Å². The summed E-state index contributed by atoms with van der Waals surface area (Å²) in [6, 6.07) is 9.89. The Balaban J connectivity index is 2.00. The van der Waals surface area contributed by atoms with E-state index in [2.05, 4.69) is 25.6 Å². The van der Waals surface area contributed by atoms with Crippen LogP contribution in [-0.2, 0) is 4.79 Å². The van der Waals surface area contributed by atoms with E-state index in [0.29, 0.717) is 28.3 Å². The molecule has 0 saturated carbocycles. The van der Waals surface area contributed by atoms with Crippen molar-refractivity contribution in [2.75, 3.05) is 17.2 Å². The topological polar surface area (TPSA) is 143 Å². The number of anilines is 3. The van der Waals surface area contributed by atoms with Gasteiger partial charge >= 0.3 is 5.97 Å². The van der Waals surface area contributed by atoms with Gasteiger partial charge in [-0.05, 0) is 25.1 Å². The molecule has 0 aliphatic rings. The van der Waals surface area contributed by atoms with E-state index < -0.39 is 10.9 Å². The zero-order chi connectivity index (χ0) is 20.1. The molecule has 28 heavy (non-hydrogen) atoms. The van der Waals surface area contributed by atoms with Gasteiger partial charge in [0.05, 0.1) is 16.2 Å². The number of aromatic nitrogens is 3. The van der Waals surface area contributed by atoms with Gasteiger partial charge in [-0.25, -0.2) is 4.98 Å². The first kappa shape index (κ1) is 18.7. The lowest BCUT2D eigenvalue weighted by molar-refractivity contribution is -0.385. The van der Waals surface area contributed by atoms with Crippen LogP contribution in [0.25, 0.3) is 11.3 Å². The maximum absolute atomic E-state index is 11.1. The first-order valence-electron chi connectivity index (χ1n) is 8.20. The van der Waals surface area contributed by atoms with Crippen molar-refractivity contribution in [1.82, 2.24) is 15.0 Å². The third kappa shape index (κ3) is 4.36. The molecule has 10 nitrogen and oxygen atoms in total. The highest BCUT2D eigenvalue weighted by atomic mass is 16.6. The molecule has 10 heteroatoms. The van der Waals surface area contributed by atoms with Crippen molar-refractivity contribution < 1.29 is 14.8 Å². The number of nitrogens with zero attached hydrogens (tertiary/aromatic N) is 4. The highest BCUT2D eigenvalue weighted by molar-refractivity contribution is 5.73. The number of nitro benzene ring substituents is 1. The molecule has 0 fully saturated rings. The Labute approximate surface area is 159 Å². The fourth-order valence-corrected chi connectivity index (χ4v) is 2.50. The first-order valence-corrected chi connectivity index (χ1v) is 8.20. The molecule has 1 aromatic carbocycles. The van der Waals surface area contributed by atoms with Gasteiger partial charge in [-0.1, -0.05) is 6.07 Å². The van der Waals surface area contributed by atoms with Crippen LogP contribution < -0.4 is 10.6 Å². The van der Waals surface area contributed by atoms with Crippen molar-refractivity contribution in [3.05, 3.63) is 64.5 Å². The van der Waals surface area contributed by atoms with Gasteiger partial charge in [0.15, 0.2) is 0 Å². The summed E-state index contributed by atoms with van der Waals surface area (Å²) in [6.45, 7) is 1.28. The van der Waals surface area contributed by atoms with Crippen LogP contribution in [0.4, 0.5) is 23.1 Å². The van der Waals surface area contributed by atoms with E-state index in [0.717, 1.165) is 0 Å². The highest BCUT2D eigenvalue weighted by Gasteiger charge is 2.15. The van der Waals surface area contributed by atoms with Crippen molar-refractivity contribution in [2.24, 2.45) is 0 Å². The molecular formula is C18H16N6O4. The Bertz CT molecular complexity index is 1030. The molecule has 3 N–H and O–H groups in total. The number of nitrogens with one attached hydrogen (secondary N) is 2. The molecule has 0 amide bonds. The zero-order valence-corrected chi connectivity index (χ0v) is 14.8. The van der Waals surface area contributed by atoms with Crippen molar-refractivity contribution in [3.8, 4) is 11.3 Å². The van der Waals surface area contributed by atoms with Gasteiger partial charge in [-0.3, -0.25) is 19.9 Å². The predicted molar refractivity (Wildman–Crippen MR) is 103 cm³/mol. The fourth-order valence-electron chi connectivity index (χ4n) is 2.50. The standard InChI is InChI=1S/C18H16N6O4/c1-11-13(5-2-6-15(11)24(27)28)21-16-8-14(12-4-3-7-19-9-12)22-18(23-16)20-10-17(25)26/h2-9H,10H2,1H3,(H,25,26)(H2,20,21,22,23). The van der Waals surface area contributed by atoms with Crippen LogP contribution >= 0.6 is 0 Å². The number of aliphatic carboxylic acids is 1. The lowest BCUT2D eigenvalue weighted by Gasteiger charge is -2.12. The molecule has 0 aliphatic carbocycles. The second-order valence-corrected chi connectivity index (χ2v) is 5.78. The Morgan fingerprint density at radius 1 is 1.25 bits per heavy atom. The molecular weight excluding hydrogens is 364 g/mol. The van der Waals surface area contributed by atoms with Crippen molar-refractivity contribution in [1.29, 1.82) is 0 Å². The van der Waals surface area contributed by atoms with Gasteiger partial charge in [0, 0.05) is 35.8 Å². The molecule has 0 atom stereocenters. The van der Waals surface area contributed by atoms with Crippen LogP contribution in [-0.4, -0.2) is 37.5 Å². The van der Waals surface area contributed by atoms with E-state index in [1.165, 1.54) is 6.07 Å². The van der Waals surface area contributed by atoms with E-state index in [9.17, 15) is 14.9 Å². The Morgan fingerprint density at radius 3 is 2.75 bits per heavy atom. The average molecular weight is 380 g/mol. The normalized spacial score (nSPS) is 10.3. The molecule has 2 aromatic heterocycles. The van der Waals surface area contributed by atoms with Crippen LogP contribution in [0.1, 0.15) is 5.56 Å². The van der Waals surface area contributed by atoms with Gasteiger partial charge in [0.25, 0.3) is 5.69 Å². The smallest absolute Gasteiger partial charge is 0.322 e. The zero-order valence-electron chi connectivity index (χ0n) is 14.8. The van der Waals surface area contributed by atoms with Crippen LogP contribution in [0, 0.1) is 17.0 Å². The van der Waals surface area contributed by atoms with Gasteiger partial charge < -0.3 is 15.7 Å². The lowest BCUT2D eigenvalue weighted by atomic mass is 10.1.